The van der Waals surface area contributed by atoms with Crippen LogP contribution >= 0.6 is 0 Å². The van der Waals surface area contributed by atoms with E-state index in [1.54, 1.807) is 92.6 Å². The molecule has 13 nitrogen and oxygen atoms in total. The van der Waals surface area contributed by atoms with Crippen molar-refractivity contribution in [3.63, 3.8) is 0 Å². The van der Waals surface area contributed by atoms with Gasteiger partial charge < -0.3 is 9.72 Å². The van der Waals surface area contributed by atoms with Crippen molar-refractivity contribution in [3.05, 3.63) is 183 Å². The summed E-state index contributed by atoms with van der Waals surface area (Å²) in [5.41, 5.74) is -0.0532. The molecule has 218 valence electrons. The van der Waals surface area contributed by atoms with E-state index in [0.29, 0.717) is 0 Å². The molecular weight excluding hydrogens is 546 g/mol. The van der Waals surface area contributed by atoms with Crippen molar-refractivity contribution in [2.24, 2.45) is 0 Å². The molecule has 6 aromatic heterocycles. The van der Waals surface area contributed by atoms with E-state index in [2.05, 4.69) is 55.1 Å². The lowest BCUT2D eigenvalue weighted by Gasteiger charge is -1.94. The molecule has 0 atom stereocenters. The number of aromatic nitrogens is 11. The molecule has 0 fully saturated rings. The molecule has 0 aliphatic carbocycles. The fourth-order valence-corrected chi connectivity index (χ4v) is 2.00. The van der Waals surface area contributed by atoms with E-state index in [9.17, 15) is 4.79 Å². The SMILES string of the molecule is C1=CCOC=C1.O=c1cccc[nH]1.c1ccncc1.c1ccnnc1.c1cnccn1.c1cncnc1.c1ncncn1. The first-order chi connectivity index (χ1) is 21.4. The zero-order valence-corrected chi connectivity index (χ0v) is 23.2. The first kappa shape index (κ1) is 34.7. The Kier molecular flexibility index (Phi) is 24.3. The van der Waals surface area contributed by atoms with Gasteiger partial charge in [-0.15, -0.1) is 0 Å². The topological polar surface area (TPSA) is 171 Å². The number of hydrogen-bond acceptors (Lipinski definition) is 12. The van der Waals surface area contributed by atoms with Gasteiger partial charge in [0, 0.05) is 74.2 Å². The highest BCUT2D eigenvalue weighted by atomic mass is 16.5. The van der Waals surface area contributed by atoms with E-state index in [1.807, 2.05) is 48.6 Å². The van der Waals surface area contributed by atoms with Gasteiger partial charge in [-0.05, 0) is 48.6 Å². The quantitative estimate of drug-likeness (QED) is 0.277. The number of rotatable bonds is 0. The summed E-state index contributed by atoms with van der Waals surface area (Å²) < 4.78 is 4.80. The number of ether oxygens (including phenoxy) is 1. The lowest BCUT2D eigenvalue weighted by Crippen LogP contribution is -1.98. The first-order valence-electron chi connectivity index (χ1n) is 12.5. The lowest BCUT2D eigenvalue weighted by atomic mass is 10.5. The molecule has 0 aromatic carbocycles. The van der Waals surface area contributed by atoms with Crippen molar-refractivity contribution in [1.29, 1.82) is 0 Å². The highest BCUT2D eigenvalue weighted by Crippen LogP contribution is 1.87. The highest BCUT2D eigenvalue weighted by Gasteiger charge is 1.75. The van der Waals surface area contributed by atoms with Gasteiger partial charge in [0.2, 0.25) is 5.56 Å². The minimum Gasteiger partial charge on any atom is -0.497 e. The van der Waals surface area contributed by atoms with Gasteiger partial charge in [-0.1, -0.05) is 18.2 Å². The van der Waals surface area contributed by atoms with Gasteiger partial charge in [-0.25, -0.2) is 24.9 Å². The Morgan fingerprint density at radius 3 is 1.23 bits per heavy atom. The Labute approximate surface area is 249 Å². The van der Waals surface area contributed by atoms with Crippen LogP contribution in [-0.2, 0) is 4.74 Å². The predicted octanol–water partition coefficient (Wildman–Crippen LogP) is 3.84. The van der Waals surface area contributed by atoms with E-state index in [0.717, 1.165) is 6.61 Å². The number of allylic oxidation sites excluding steroid dienone is 2. The van der Waals surface area contributed by atoms with Gasteiger partial charge in [0.15, 0.2) is 0 Å². The molecule has 43 heavy (non-hydrogen) atoms. The van der Waals surface area contributed by atoms with Crippen molar-refractivity contribution in [3.8, 4) is 0 Å². The molecule has 1 N–H and O–H groups in total. The number of nitrogens with one attached hydrogen (secondary N) is 1. The Hall–Kier alpha value is -6.37. The maximum atomic E-state index is 10.2. The number of aromatic amines is 1. The molecule has 0 unspecified atom stereocenters. The monoisotopic (exact) mass is 577 g/mol. The minimum atomic E-state index is -0.0532. The van der Waals surface area contributed by atoms with Crippen LogP contribution in [0.15, 0.2) is 177 Å². The van der Waals surface area contributed by atoms with Crippen LogP contribution in [0.5, 0.6) is 0 Å². The second-order valence-corrected chi connectivity index (χ2v) is 6.85. The Morgan fingerprint density at radius 2 is 1.05 bits per heavy atom. The summed E-state index contributed by atoms with van der Waals surface area (Å²) in [6.45, 7) is 0.733. The second kappa shape index (κ2) is 30.2. The van der Waals surface area contributed by atoms with E-state index < -0.39 is 0 Å². The van der Waals surface area contributed by atoms with E-state index >= 15 is 0 Å². The summed E-state index contributed by atoms with van der Waals surface area (Å²) in [6, 6.07) is 16.1. The van der Waals surface area contributed by atoms with Gasteiger partial charge in [0.1, 0.15) is 31.9 Å². The third-order valence-corrected chi connectivity index (χ3v) is 3.70. The van der Waals surface area contributed by atoms with Gasteiger partial charge in [0.05, 0.1) is 6.26 Å². The number of hydrogen-bond donors (Lipinski definition) is 1. The third-order valence-electron chi connectivity index (χ3n) is 3.70. The van der Waals surface area contributed by atoms with Gasteiger partial charge in [-0.3, -0.25) is 19.7 Å². The van der Waals surface area contributed by atoms with E-state index in [4.69, 9.17) is 4.74 Å². The smallest absolute Gasteiger partial charge is 0.247 e. The maximum absolute atomic E-state index is 10.2. The highest BCUT2D eigenvalue weighted by molar-refractivity contribution is 5.03. The maximum Gasteiger partial charge on any atom is 0.247 e. The molecule has 0 bridgehead atoms. The fraction of sp³-hybridized carbons (Fsp3) is 0.0333. The summed E-state index contributed by atoms with van der Waals surface area (Å²) >= 11 is 0. The van der Waals surface area contributed by atoms with Crippen LogP contribution in [0.4, 0.5) is 0 Å². The summed E-state index contributed by atoms with van der Waals surface area (Å²) in [5, 5.41) is 7.07. The number of pyridine rings is 2. The fourth-order valence-electron chi connectivity index (χ4n) is 2.00. The molecule has 0 radical (unpaired) electrons. The Balaban J connectivity index is 0.000000251. The Bertz CT molecular complexity index is 1090. The normalized spacial score (nSPS) is 9.40. The Morgan fingerprint density at radius 1 is 0.512 bits per heavy atom. The van der Waals surface area contributed by atoms with Gasteiger partial charge in [0.25, 0.3) is 0 Å². The summed E-state index contributed by atoms with van der Waals surface area (Å²) in [4.78, 5) is 42.0. The van der Waals surface area contributed by atoms with Crippen LogP contribution < -0.4 is 5.56 Å². The number of H-pyrrole nitrogens is 1. The van der Waals surface area contributed by atoms with E-state index in [1.165, 1.54) is 31.4 Å². The minimum absolute atomic E-state index is 0.0532. The molecular formula is C30H31N11O2. The molecule has 1 aliphatic rings. The average molecular weight is 578 g/mol. The second-order valence-electron chi connectivity index (χ2n) is 6.85. The van der Waals surface area contributed by atoms with Crippen molar-refractivity contribution in [2.75, 3.05) is 6.61 Å². The molecule has 6 aromatic rings. The lowest BCUT2D eigenvalue weighted by molar-refractivity contribution is 0.286. The van der Waals surface area contributed by atoms with Gasteiger partial charge >= 0.3 is 0 Å². The van der Waals surface area contributed by atoms with Crippen LogP contribution in [0, 0.1) is 0 Å². The molecule has 0 saturated heterocycles. The summed E-state index contributed by atoms with van der Waals surface area (Å²) in [6.07, 6.45) is 31.6. The number of nitrogens with zero attached hydrogens (tertiary/aromatic N) is 10. The zero-order chi connectivity index (χ0) is 30.6. The van der Waals surface area contributed by atoms with Crippen LogP contribution in [0.1, 0.15) is 0 Å². The first-order valence-corrected chi connectivity index (χ1v) is 12.5. The molecule has 13 heteroatoms. The largest absolute Gasteiger partial charge is 0.497 e. The molecule has 7 heterocycles. The van der Waals surface area contributed by atoms with E-state index in [-0.39, 0.29) is 5.56 Å². The van der Waals surface area contributed by atoms with Crippen molar-refractivity contribution in [2.45, 2.75) is 0 Å². The summed E-state index contributed by atoms with van der Waals surface area (Å²) in [7, 11) is 0. The van der Waals surface area contributed by atoms with Crippen molar-refractivity contribution >= 4 is 0 Å². The molecule has 0 amide bonds. The predicted molar refractivity (Wildman–Crippen MR) is 161 cm³/mol. The zero-order valence-electron chi connectivity index (χ0n) is 23.2. The average Bonchev–Trinajstić information content (AvgIpc) is 3.15. The van der Waals surface area contributed by atoms with Crippen LogP contribution in [0.2, 0.25) is 0 Å². The van der Waals surface area contributed by atoms with Crippen molar-refractivity contribution in [1.82, 2.24) is 55.1 Å². The molecule has 0 saturated carbocycles. The van der Waals surface area contributed by atoms with Crippen LogP contribution in [0.3, 0.4) is 0 Å². The molecule has 7 rings (SSSR count). The van der Waals surface area contributed by atoms with Gasteiger partial charge in [-0.2, -0.15) is 10.2 Å². The van der Waals surface area contributed by atoms with Crippen LogP contribution in [0.25, 0.3) is 0 Å². The third kappa shape index (κ3) is 28.5. The van der Waals surface area contributed by atoms with Crippen molar-refractivity contribution < 1.29 is 4.74 Å². The summed E-state index contributed by atoms with van der Waals surface area (Å²) in [5.74, 6) is 0. The molecule has 1 aliphatic heterocycles. The standard InChI is InChI=1S/C5H5NO.C5H5N.C5H6O.3C4H4N2.C3H3N3/c7-5-3-1-2-4-6-5;2*1-2-4-6-5-3-1;1-2-6-4-3-5-1;1-2-5-4-6-3-1;1-2-4-6-5-3-1;1-4-2-6-3-5-1/h1-4H,(H,6,7);1-5H;1-4H,5H2;3*1-4H;1-3H. The molecule has 0 spiro atoms. The van der Waals surface area contributed by atoms with Crippen LogP contribution in [-0.4, -0.2) is 61.7 Å².